The van der Waals surface area contributed by atoms with Crippen molar-refractivity contribution in [3.8, 4) is 0 Å². The second-order valence-corrected chi connectivity index (χ2v) is 20.5. The molecular weight excluding hydrogens is 826 g/mol. The molecule has 1 radical (unpaired) electrons. The van der Waals surface area contributed by atoms with Gasteiger partial charge in [-0.05, 0) is 19.3 Å². The van der Waals surface area contributed by atoms with E-state index < -0.39 is 0 Å². The summed E-state index contributed by atoms with van der Waals surface area (Å²) in [6, 6.07) is 0. The maximum atomic E-state index is 12.5. The fraction of sp³-hybridized carbons (Fsp3) is 0.875. The fourth-order valence-electron chi connectivity index (χ4n) is 7.08. The fourth-order valence-corrected chi connectivity index (χ4v) is 10.5. The smallest absolute Gasteiger partial charge is 0.465 e. The Morgan fingerprint density at radius 2 is 0.836 bits per heavy atom. The van der Waals surface area contributed by atoms with Gasteiger partial charge in [0.05, 0.1) is 5.92 Å². The third-order valence-electron chi connectivity index (χ3n) is 10.6. The van der Waals surface area contributed by atoms with Gasteiger partial charge in [0.2, 0.25) is 0 Å². The number of carbonyl (C=O) groups excluding carboxylic acids is 2. The Morgan fingerprint density at radius 1 is 0.473 bits per heavy atom. The van der Waals surface area contributed by atoms with E-state index in [1.807, 2.05) is 0 Å². The molecule has 0 amide bonds. The predicted molar refractivity (Wildman–Crippen MR) is 249 cm³/mol. The molecule has 323 valence electrons. The van der Waals surface area contributed by atoms with Crippen LogP contribution in [0.4, 0.5) is 0 Å². The van der Waals surface area contributed by atoms with E-state index in [1.165, 1.54) is 173 Å². The van der Waals surface area contributed by atoms with Gasteiger partial charge in [-0.1, -0.05) is 84.0 Å². The molecule has 0 aliphatic carbocycles. The first-order chi connectivity index (χ1) is 27.2. The van der Waals surface area contributed by atoms with E-state index >= 15 is 0 Å². The zero-order chi connectivity index (χ0) is 40.0. The van der Waals surface area contributed by atoms with Crippen LogP contribution in [-0.4, -0.2) is 58.3 Å². The van der Waals surface area contributed by atoms with Crippen molar-refractivity contribution < 1.29 is 19.1 Å². The van der Waals surface area contributed by atoms with Gasteiger partial charge in [0.1, 0.15) is 13.2 Å². The molecule has 0 aliphatic heterocycles. The second-order valence-electron chi connectivity index (χ2n) is 15.8. The SMILES string of the molecule is CCCCCCCCC(CCCCCC/C=C\CCCCCCC[CH2][Sb][CH2]CCCCCCC/C=C\CCCCCCCC(=O)OCCS)C(=O)OCCS. The van der Waals surface area contributed by atoms with Gasteiger partial charge in [-0.2, -0.15) is 25.3 Å². The van der Waals surface area contributed by atoms with E-state index in [0.29, 0.717) is 31.1 Å². The molecule has 0 aliphatic rings. The summed E-state index contributed by atoms with van der Waals surface area (Å²) < 4.78 is 13.7. The first-order valence-corrected chi connectivity index (χ1v) is 28.5. The Balaban J connectivity index is 3.41. The number of thiol groups is 2. The van der Waals surface area contributed by atoms with Gasteiger partial charge in [-0.3, -0.25) is 9.59 Å². The van der Waals surface area contributed by atoms with Crippen molar-refractivity contribution in [2.75, 3.05) is 24.7 Å². The van der Waals surface area contributed by atoms with Crippen LogP contribution in [-0.2, 0) is 19.1 Å². The summed E-state index contributed by atoms with van der Waals surface area (Å²) in [6.07, 6.45) is 52.6. The standard InChI is InChI=1S/C28H53O2S.C20H37O2S.Sb/c1-3-5-7-9-11-12-13-14-15-16-17-18-20-22-24-27(28(29)30-25-26-31)23-21-19-10-8-6-4-2;1-2-3-4-5-6-7-8-9-10-11-12-13-14-15-16-17-20(21)22-18-19-23;/h14-15,27,31H,1,3-13,16-26H2,2H3;9-10,23H,1-8,11-19H2;/b15-14-;10-9-;. The van der Waals surface area contributed by atoms with Crippen LogP contribution < -0.4 is 0 Å². The number of rotatable bonds is 45. The molecule has 0 aromatic rings. The van der Waals surface area contributed by atoms with Crippen LogP contribution >= 0.6 is 25.3 Å². The molecular formula is C48H90O4S2Sb. The van der Waals surface area contributed by atoms with Gasteiger partial charge in [0.25, 0.3) is 0 Å². The minimum Gasteiger partial charge on any atom is -0.465 e. The average Bonchev–Trinajstić information content (AvgIpc) is 3.19. The molecule has 0 rings (SSSR count). The van der Waals surface area contributed by atoms with E-state index in [0.717, 1.165) is 38.5 Å². The third-order valence-corrected chi connectivity index (χ3v) is 14.5. The summed E-state index contributed by atoms with van der Waals surface area (Å²) >= 11 is 8.35. The van der Waals surface area contributed by atoms with E-state index in [1.54, 1.807) is 8.73 Å². The topological polar surface area (TPSA) is 52.6 Å². The van der Waals surface area contributed by atoms with Gasteiger partial charge in [0, 0.05) is 17.9 Å². The zero-order valence-corrected chi connectivity index (χ0v) is 40.5. The summed E-state index contributed by atoms with van der Waals surface area (Å²) in [5, 5.41) is 0. The summed E-state index contributed by atoms with van der Waals surface area (Å²) in [6.45, 7) is 3.13. The molecule has 55 heavy (non-hydrogen) atoms. The Hall–Kier alpha value is -0.0618. The number of esters is 2. The molecule has 1 atom stereocenters. The van der Waals surface area contributed by atoms with E-state index in [2.05, 4.69) is 56.5 Å². The van der Waals surface area contributed by atoms with Crippen molar-refractivity contribution in [3.63, 3.8) is 0 Å². The predicted octanol–water partition coefficient (Wildman–Crippen LogP) is 15.5. The van der Waals surface area contributed by atoms with Crippen LogP contribution in [0.25, 0.3) is 0 Å². The van der Waals surface area contributed by atoms with Crippen LogP contribution in [0.1, 0.15) is 225 Å². The van der Waals surface area contributed by atoms with Crippen LogP contribution in [0.3, 0.4) is 0 Å². The van der Waals surface area contributed by atoms with Gasteiger partial charge in [-0.25, -0.2) is 0 Å². The number of hydrogen-bond acceptors (Lipinski definition) is 6. The molecule has 0 aromatic heterocycles. The van der Waals surface area contributed by atoms with Crippen molar-refractivity contribution in [3.05, 3.63) is 24.3 Å². The van der Waals surface area contributed by atoms with Crippen molar-refractivity contribution >= 4 is 58.8 Å². The molecule has 1 unspecified atom stereocenters. The Morgan fingerprint density at radius 3 is 1.27 bits per heavy atom. The normalized spacial score (nSPS) is 12.3. The molecule has 0 saturated heterocycles. The molecule has 0 spiro atoms. The first-order valence-electron chi connectivity index (χ1n) is 23.6. The number of unbranched alkanes of at least 4 members (excludes halogenated alkanes) is 26. The molecule has 0 heterocycles. The summed E-state index contributed by atoms with van der Waals surface area (Å²) in [4.78, 5) is 24.0. The minimum atomic E-state index is -0.0711. The molecule has 0 saturated carbocycles. The summed E-state index contributed by atoms with van der Waals surface area (Å²) in [7, 11) is 0. The molecule has 4 nitrogen and oxygen atoms in total. The minimum absolute atomic E-state index is 0.0148. The Bertz CT molecular complexity index is 852. The third kappa shape index (κ3) is 44.9. The number of carbonyl (C=O) groups is 2. The van der Waals surface area contributed by atoms with Gasteiger partial charge in [0.15, 0.2) is 0 Å². The quantitative estimate of drug-likeness (QED) is 0.0210. The first kappa shape index (κ1) is 54.9. The molecule has 0 aromatic carbocycles. The molecule has 0 N–H and O–H groups in total. The monoisotopic (exact) mass is 916 g/mol. The Kier molecular flexibility index (Phi) is 48.3. The van der Waals surface area contributed by atoms with Gasteiger partial charge < -0.3 is 9.47 Å². The number of ether oxygens (including phenoxy) is 2. The zero-order valence-electron chi connectivity index (χ0n) is 36.1. The molecule has 0 bridgehead atoms. The summed E-state index contributed by atoms with van der Waals surface area (Å²) in [5.41, 5.74) is 0. The van der Waals surface area contributed by atoms with Crippen LogP contribution in [0.15, 0.2) is 24.3 Å². The average molecular weight is 917 g/mol. The van der Waals surface area contributed by atoms with Crippen LogP contribution in [0, 0.1) is 5.92 Å². The molecule has 0 fully saturated rings. The van der Waals surface area contributed by atoms with E-state index in [-0.39, 0.29) is 39.5 Å². The number of hydrogen-bond donors (Lipinski definition) is 2. The molecule has 7 heteroatoms. The summed E-state index contributed by atoms with van der Waals surface area (Å²) in [5.74, 6) is 1.25. The number of allylic oxidation sites excluding steroid dienone is 4. The second kappa shape index (κ2) is 48.3. The van der Waals surface area contributed by atoms with E-state index in [4.69, 9.17) is 9.47 Å². The van der Waals surface area contributed by atoms with Crippen LogP contribution in [0.2, 0.25) is 8.73 Å². The van der Waals surface area contributed by atoms with Gasteiger partial charge >= 0.3 is 182 Å². The van der Waals surface area contributed by atoms with Crippen molar-refractivity contribution in [1.29, 1.82) is 0 Å². The van der Waals surface area contributed by atoms with Crippen molar-refractivity contribution in [1.82, 2.24) is 0 Å². The van der Waals surface area contributed by atoms with Crippen molar-refractivity contribution in [2.45, 2.75) is 234 Å². The maximum absolute atomic E-state index is 12.5. The Labute approximate surface area is 364 Å². The van der Waals surface area contributed by atoms with Crippen molar-refractivity contribution in [2.24, 2.45) is 5.92 Å². The van der Waals surface area contributed by atoms with Gasteiger partial charge in [-0.15, -0.1) is 0 Å². The van der Waals surface area contributed by atoms with Crippen LogP contribution in [0.5, 0.6) is 0 Å². The van der Waals surface area contributed by atoms with E-state index in [9.17, 15) is 9.59 Å².